The summed E-state index contributed by atoms with van der Waals surface area (Å²) in [5.74, 6) is -0.0807. The molecule has 0 fully saturated rings. The van der Waals surface area contributed by atoms with Crippen molar-refractivity contribution in [1.29, 1.82) is 0 Å². The standard InChI is InChI=1S/C10H23O5PS/c1-3-5-6-7-8-9-10-17(12,13)15-16(11)14-4-2/h16H,3-10H2,1-2H3. The van der Waals surface area contributed by atoms with E-state index in [2.05, 4.69) is 15.4 Å². The van der Waals surface area contributed by atoms with Crippen LogP contribution in [-0.2, 0) is 23.2 Å². The third kappa shape index (κ3) is 10.9. The largest absolute Gasteiger partial charge is 0.333 e. The molecule has 1 atom stereocenters. The summed E-state index contributed by atoms with van der Waals surface area (Å²) in [7, 11) is -6.57. The number of hydrogen-bond donors (Lipinski definition) is 0. The molecule has 0 aliphatic heterocycles. The first-order valence-corrected chi connectivity index (χ1v) is 8.91. The van der Waals surface area contributed by atoms with Crippen molar-refractivity contribution in [2.24, 2.45) is 0 Å². The lowest BCUT2D eigenvalue weighted by molar-refractivity contribution is 0.303. The van der Waals surface area contributed by atoms with Crippen LogP contribution in [0.1, 0.15) is 52.4 Å². The minimum absolute atomic E-state index is 0.0807. The van der Waals surface area contributed by atoms with Crippen LogP contribution in [0, 0.1) is 0 Å². The summed E-state index contributed by atoms with van der Waals surface area (Å²) >= 11 is 0. The summed E-state index contributed by atoms with van der Waals surface area (Å²) in [6, 6.07) is 0. The van der Waals surface area contributed by atoms with Crippen LogP contribution in [-0.4, -0.2) is 20.8 Å². The van der Waals surface area contributed by atoms with Crippen LogP contribution in [0.5, 0.6) is 0 Å². The van der Waals surface area contributed by atoms with Crippen LogP contribution in [0.15, 0.2) is 0 Å². The smallest absolute Gasteiger partial charge is 0.310 e. The Bertz CT molecular complexity index is 302. The summed E-state index contributed by atoms with van der Waals surface area (Å²) in [5.41, 5.74) is 0. The molecule has 0 amide bonds. The van der Waals surface area contributed by atoms with Crippen molar-refractivity contribution < 1.29 is 21.5 Å². The van der Waals surface area contributed by atoms with E-state index in [9.17, 15) is 13.0 Å². The fourth-order valence-corrected chi connectivity index (χ4v) is 3.49. The van der Waals surface area contributed by atoms with Crippen molar-refractivity contribution in [2.45, 2.75) is 52.4 Å². The molecule has 5 nitrogen and oxygen atoms in total. The molecule has 0 radical (unpaired) electrons. The van der Waals surface area contributed by atoms with Crippen LogP contribution in [0.2, 0.25) is 0 Å². The fraction of sp³-hybridized carbons (Fsp3) is 1.00. The molecule has 0 saturated heterocycles. The first-order valence-electron chi connectivity index (χ1n) is 6.10. The van der Waals surface area contributed by atoms with E-state index in [1.165, 1.54) is 6.42 Å². The SMILES string of the molecule is CCCCCCCCS(=O)(=O)O[PH](=O)OCC. The molecule has 0 saturated carbocycles. The third-order valence-electron chi connectivity index (χ3n) is 2.21. The Hall–Kier alpha value is 0.1000. The van der Waals surface area contributed by atoms with E-state index in [0.717, 1.165) is 25.7 Å². The molecular formula is C10H23O5PS. The van der Waals surface area contributed by atoms with Gasteiger partial charge in [-0.1, -0.05) is 39.0 Å². The van der Waals surface area contributed by atoms with Gasteiger partial charge in [0.15, 0.2) is 0 Å². The second-order valence-electron chi connectivity index (χ2n) is 3.80. The first-order chi connectivity index (χ1) is 8.02. The Labute approximate surface area is 105 Å². The third-order valence-corrected chi connectivity index (χ3v) is 5.08. The lowest BCUT2D eigenvalue weighted by Gasteiger charge is -2.05. The maximum atomic E-state index is 11.3. The van der Waals surface area contributed by atoms with E-state index in [1.54, 1.807) is 6.92 Å². The van der Waals surface area contributed by atoms with Gasteiger partial charge < -0.3 is 4.52 Å². The molecule has 7 heteroatoms. The molecule has 0 rings (SSSR count). The average molecular weight is 286 g/mol. The Morgan fingerprint density at radius 3 is 2.18 bits per heavy atom. The maximum Gasteiger partial charge on any atom is 0.333 e. The van der Waals surface area contributed by atoms with E-state index in [4.69, 9.17) is 0 Å². The van der Waals surface area contributed by atoms with Gasteiger partial charge in [0.05, 0.1) is 12.4 Å². The van der Waals surface area contributed by atoms with E-state index in [0.29, 0.717) is 6.42 Å². The van der Waals surface area contributed by atoms with Crippen molar-refractivity contribution in [2.75, 3.05) is 12.4 Å². The molecule has 1 unspecified atom stereocenters. The van der Waals surface area contributed by atoms with Crippen molar-refractivity contribution in [1.82, 2.24) is 0 Å². The van der Waals surface area contributed by atoms with Gasteiger partial charge in [0.25, 0.3) is 10.1 Å². The molecule has 0 N–H and O–H groups in total. The Kier molecular flexibility index (Phi) is 10.1. The Morgan fingerprint density at radius 2 is 1.59 bits per heavy atom. The summed E-state index contributed by atoms with van der Waals surface area (Å²) in [5, 5.41) is 0. The molecular weight excluding hydrogens is 263 g/mol. The predicted molar refractivity (Wildman–Crippen MR) is 68.9 cm³/mol. The zero-order valence-electron chi connectivity index (χ0n) is 10.6. The highest BCUT2D eigenvalue weighted by Gasteiger charge is 2.15. The molecule has 0 aliphatic carbocycles. The van der Waals surface area contributed by atoms with Crippen LogP contribution in [0.25, 0.3) is 0 Å². The van der Waals surface area contributed by atoms with Gasteiger partial charge in [0.2, 0.25) is 0 Å². The monoisotopic (exact) mass is 286 g/mol. The molecule has 104 valence electrons. The van der Waals surface area contributed by atoms with Gasteiger partial charge in [-0.2, -0.15) is 12.4 Å². The van der Waals surface area contributed by atoms with Gasteiger partial charge in [-0.15, -0.1) is 0 Å². The van der Waals surface area contributed by atoms with E-state index >= 15 is 0 Å². The van der Waals surface area contributed by atoms with E-state index in [1.807, 2.05) is 0 Å². The van der Waals surface area contributed by atoms with Crippen LogP contribution in [0.3, 0.4) is 0 Å². The molecule has 0 aromatic carbocycles. The number of unbranched alkanes of at least 4 members (excludes halogenated alkanes) is 5. The van der Waals surface area contributed by atoms with Gasteiger partial charge in [-0.25, -0.2) is 0 Å². The quantitative estimate of drug-likeness (QED) is 0.431. The highest BCUT2D eigenvalue weighted by molar-refractivity contribution is 7.89. The van der Waals surface area contributed by atoms with Gasteiger partial charge in [-0.3, -0.25) is 4.57 Å². The molecule has 0 aromatic rings. The minimum Gasteiger partial charge on any atom is -0.310 e. The lowest BCUT2D eigenvalue weighted by Crippen LogP contribution is -2.07. The maximum absolute atomic E-state index is 11.3. The van der Waals surface area contributed by atoms with E-state index < -0.39 is 18.4 Å². The zero-order valence-corrected chi connectivity index (χ0v) is 12.4. The molecule has 0 bridgehead atoms. The fourth-order valence-electron chi connectivity index (χ4n) is 1.35. The second kappa shape index (κ2) is 10.1. The Balaban J connectivity index is 3.68. The van der Waals surface area contributed by atoms with Crippen molar-refractivity contribution in [3.8, 4) is 0 Å². The Morgan fingerprint density at radius 1 is 1.00 bits per heavy atom. The van der Waals surface area contributed by atoms with Gasteiger partial charge in [0, 0.05) is 0 Å². The van der Waals surface area contributed by atoms with Gasteiger partial charge in [-0.05, 0) is 13.3 Å². The van der Waals surface area contributed by atoms with Gasteiger partial charge in [0.1, 0.15) is 0 Å². The van der Waals surface area contributed by atoms with Crippen molar-refractivity contribution in [3.63, 3.8) is 0 Å². The molecule has 0 heterocycles. The average Bonchev–Trinajstić information content (AvgIpc) is 2.22. The molecule has 17 heavy (non-hydrogen) atoms. The summed E-state index contributed by atoms with van der Waals surface area (Å²) < 4.78 is 42.6. The molecule has 0 spiro atoms. The first kappa shape index (κ1) is 17.1. The lowest BCUT2D eigenvalue weighted by atomic mass is 10.1. The van der Waals surface area contributed by atoms with Crippen LogP contribution in [0.4, 0.5) is 0 Å². The topological polar surface area (TPSA) is 69.7 Å². The highest BCUT2D eigenvalue weighted by Crippen LogP contribution is 2.27. The predicted octanol–water partition coefficient (Wildman–Crippen LogP) is 3.12. The molecule has 0 aromatic heterocycles. The van der Waals surface area contributed by atoms with Crippen molar-refractivity contribution >= 4 is 18.4 Å². The summed E-state index contributed by atoms with van der Waals surface area (Å²) in [6.45, 7) is 3.94. The zero-order chi connectivity index (χ0) is 13.1. The van der Waals surface area contributed by atoms with Crippen LogP contribution >= 0.6 is 8.25 Å². The number of rotatable bonds is 11. The van der Waals surface area contributed by atoms with Crippen molar-refractivity contribution in [3.05, 3.63) is 0 Å². The van der Waals surface area contributed by atoms with Gasteiger partial charge >= 0.3 is 8.25 Å². The second-order valence-corrected chi connectivity index (χ2v) is 6.77. The summed E-state index contributed by atoms with van der Waals surface area (Å²) in [6.07, 6.45) is 5.92. The minimum atomic E-state index is -3.69. The normalized spacial score (nSPS) is 13.8. The summed E-state index contributed by atoms with van der Waals surface area (Å²) in [4.78, 5) is 0. The highest BCUT2D eigenvalue weighted by atomic mass is 32.2. The van der Waals surface area contributed by atoms with E-state index in [-0.39, 0.29) is 12.4 Å². The molecule has 0 aliphatic rings. The van der Waals surface area contributed by atoms with Crippen LogP contribution < -0.4 is 0 Å². The number of hydrogen-bond acceptors (Lipinski definition) is 5.